The number of amides is 1. The Hall–Kier alpha value is -2.76. The summed E-state index contributed by atoms with van der Waals surface area (Å²) in [5.74, 6) is -0.179. The van der Waals surface area contributed by atoms with Gasteiger partial charge < -0.3 is 9.88 Å². The van der Waals surface area contributed by atoms with Gasteiger partial charge in [-0.1, -0.05) is 12.1 Å². The van der Waals surface area contributed by atoms with E-state index in [1.165, 1.54) is 0 Å². The number of rotatable bonds is 5. The van der Waals surface area contributed by atoms with E-state index in [0.717, 1.165) is 24.0 Å². The highest BCUT2D eigenvalue weighted by Crippen LogP contribution is 2.12. The van der Waals surface area contributed by atoms with E-state index in [2.05, 4.69) is 20.3 Å². The van der Waals surface area contributed by atoms with Crippen molar-refractivity contribution in [1.29, 1.82) is 0 Å². The number of benzene rings is 1. The Morgan fingerprint density at radius 3 is 2.73 bits per heavy atom. The van der Waals surface area contributed by atoms with Crippen molar-refractivity contribution in [3.63, 3.8) is 0 Å². The Bertz CT molecular complexity index is 782. The van der Waals surface area contributed by atoms with Crippen molar-refractivity contribution >= 4 is 16.9 Å². The van der Waals surface area contributed by atoms with Gasteiger partial charge in [0, 0.05) is 25.5 Å². The molecule has 0 aliphatic carbocycles. The Morgan fingerprint density at radius 2 is 2.00 bits per heavy atom. The van der Waals surface area contributed by atoms with Crippen molar-refractivity contribution in [3.8, 4) is 0 Å². The first-order valence-electron chi connectivity index (χ1n) is 7.21. The summed E-state index contributed by atoms with van der Waals surface area (Å²) in [6.07, 6.45) is 6.25. The SMILES string of the molecule is Cc1nc2ccccc2nc1C(=O)NCCCn1ccnc1. The fraction of sp³-hybridized carbons (Fsp3) is 0.250. The molecule has 0 atom stereocenters. The molecular weight excluding hydrogens is 278 g/mol. The minimum Gasteiger partial charge on any atom is -0.351 e. The fourth-order valence-electron chi connectivity index (χ4n) is 2.27. The summed E-state index contributed by atoms with van der Waals surface area (Å²) in [6.45, 7) is 3.22. The summed E-state index contributed by atoms with van der Waals surface area (Å²) in [6, 6.07) is 7.55. The lowest BCUT2D eigenvalue weighted by Crippen LogP contribution is -2.27. The van der Waals surface area contributed by atoms with E-state index in [0.29, 0.717) is 17.9 Å². The first-order chi connectivity index (χ1) is 10.7. The lowest BCUT2D eigenvalue weighted by molar-refractivity contribution is 0.0947. The van der Waals surface area contributed by atoms with Crippen LogP contribution in [0.25, 0.3) is 11.0 Å². The third-order valence-electron chi connectivity index (χ3n) is 3.40. The third-order valence-corrected chi connectivity index (χ3v) is 3.40. The predicted octanol–water partition coefficient (Wildman–Crippen LogP) is 1.95. The molecule has 1 N–H and O–H groups in total. The number of aryl methyl sites for hydroxylation is 2. The maximum atomic E-state index is 12.2. The van der Waals surface area contributed by atoms with Gasteiger partial charge in [-0.25, -0.2) is 15.0 Å². The Morgan fingerprint density at radius 1 is 1.23 bits per heavy atom. The highest BCUT2D eigenvalue weighted by Gasteiger charge is 2.12. The number of hydrogen-bond acceptors (Lipinski definition) is 4. The van der Waals surface area contributed by atoms with E-state index in [1.54, 1.807) is 19.4 Å². The van der Waals surface area contributed by atoms with Crippen molar-refractivity contribution in [1.82, 2.24) is 24.8 Å². The summed E-state index contributed by atoms with van der Waals surface area (Å²) >= 11 is 0. The fourth-order valence-corrected chi connectivity index (χ4v) is 2.27. The minimum absolute atomic E-state index is 0.179. The molecule has 3 rings (SSSR count). The molecule has 0 saturated heterocycles. The zero-order valence-electron chi connectivity index (χ0n) is 12.4. The zero-order valence-corrected chi connectivity index (χ0v) is 12.4. The maximum Gasteiger partial charge on any atom is 0.271 e. The van der Waals surface area contributed by atoms with E-state index in [1.807, 2.05) is 35.0 Å². The van der Waals surface area contributed by atoms with Crippen LogP contribution in [0.2, 0.25) is 0 Å². The lowest BCUT2D eigenvalue weighted by Gasteiger charge is -2.08. The summed E-state index contributed by atoms with van der Waals surface area (Å²) in [5.41, 5.74) is 2.57. The van der Waals surface area contributed by atoms with E-state index in [4.69, 9.17) is 0 Å². The number of nitrogens with zero attached hydrogens (tertiary/aromatic N) is 4. The van der Waals surface area contributed by atoms with Crippen LogP contribution in [-0.4, -0.2) is 32.0 Å². The monoisotopic (exact) mass is 295 g/mol. The van der Waals surface area contributed by atoms with Gasteiger partial charge >= 0.3 is 0 Å². The van der Waals surface area contributed by atoms with Gasteiger partial charge in [-0.15, -0.1) is 0 Å². The van der Waals surface area contributed by atoms with Crippen LogP contribution in [0.5, 0.6) is 0 Å². The molecule has 0 aliphatic heterocycles. The van der Waals surface area contributed by atoms with Crippen LogP contribution in [0.1, 0.15) is 22.6 Å². The molecule has 112 valence electrons. The lowest BCUT2D eigenvalue weighted by atomic mass is 10.2. The molecule has 1 aromatic carbocycles. The maximum absolute atomic E-state index is 12.2. The molecule has 3 aromatic rings. The molecule has 6 heteroatoms. The predicted molar refractivity (Wildman–Crippen MR) is 83.5 cm³/mol. The second kappa shape index (κ2) is 6.34. The number of hydrogen-bond donors (Lipinski definition) is 1. The van der Waals surface area contributed by atoms with Crippen molar-refractivity contribution in [2.75, 3.05) is 6.54 Å². The molecule has 0 radical (unpaired) electrons. The molecule has 0 bridgehead atoms. The normalized spacial score (nSPS) is 10.8. The van der Waals surface area contributed by atoms with Crippen molar-refractivity contribution in [2.45, 2.75) is 19.9 Å². The van der Waals surface area contributed by atoms with Crippen LogP contribution < -0.4 is 5.32 Å². The first kappa shape index (κ1) is 14.2. The molecule has 0 aliphatic rings. The van der Waals surface area contributed by atoms with Crippen LogP contribution in [0.15, 0.2) is 43.0 Å². The molecular formula is C16H17N5O. The Kier molecular flexibility index (Phi) is 4.09. The average molecular weight is 295 g/mol. The number of nitrogens with one attached hydrogen (secondary N) is 1. The molecule has 0 saturated carbocycles. The number of aromatic nitrogens is 4. The van der Waals surface area contributed by atoms with Crippen LogP contribution in [0.3, 0.4) is 0 Å². The molecule has 1 amide bonds. The van der Waals surface area contributed by atoms with Gasteiger partial charge in [0.1, 0.15) is 5.69 Å². The number of carbonyl (C=O) groups excluding carboxylic acids is 1. The molecule has 22 heavy (non-hydrogen) atoms. The summed E-state index contributed by atoms with van der Waals surface area (Å²) in [7, 11) is 0. The van der Waals surface area contributed by atoms with Crippen molar-refractivity contribution in [3.05, 3.63) is 54.4 Å². The summed E-state index contributed by atoms with van der Waals surface area (Å²) < 4.78 is 1.98. The number of para-hydroxylation sites is 2. The highest BCUT2D eigenvalue weighted by molar-refractivity contribution is 5.95. The second-order valence-electron chi connectivity index (χ2n) is 5.06. The Balaban J connectivity index is 1.63. The molecule has 6 nitrogen and oxygen atoms in total. The minimum atomic E-state index is -0.179. The molecule has 0 fully saturated rings. The first-order valence-corrected chi connectivity index (χ1v) is 7.21. The number of carbonyl (C=O) groups is 1. The van der Waals surface area contributed by atoms with E-state index in [-0.39, 0.29) is 5.91 Å². The molecule has 2 aromatic heterocycles. The van der Waals surface area contributed by atoms with Gasteiger partial charge in [0.15, 0.2) is 0 Å². The largest absolute Gasteiger partial charge is 0.351 e. The van der Waals surface area contributed by atoms with Crippen LogP contribution >= 0.6 is 0 Å². The number of imidazole rings is 1. The van der Waals surface area contributed by atoms with E-state index >= 15 is 0 Å². The van der Waals surface area contributed by atoms with Gasteiger partial charge in [-0.3, -0.25) is 4.79 Å². The van der Waals surface area contributed by atoms with Crippen LogP contribution in [-0.2, 0) is 6.54 Å². The topological polar surface area (TPSA) is 72.7 Å². The average Bonchev–Trinajstić information content (AvgIpc) is 3.04. The number of fused-ring (bicyclic) bond motifs is 1. The standard InChI is InChI=1S/C16H17N5O/c1-12-15(20-14-6-3-2-5-13(14)19-12)16(22)18-7-4-9-21-10-8-17-11-21/h2-3,5-6,8,10-11H,4,7,9H2,1H3,(H,18,22). The van der Waals surface area contributed by atoms with E-state index in [9.17, 15) is 4.79 Å². The van der Waals surface area contributed by atoms with Gasteiger partial charge in [-0.05, 0) is 25.5 Å². The zero-order chi connectivity index (χ0) is 15.4. The Labute approximate surface area is 128 Å². The van der Waals surface area contributed by atoms with Crippen molar-refractivity contribution in [2.24, 2.45) is 0 Å². The van der Waals surface area contributed by atoms with Gasteiger partial charge in [0.25, 0.3) is 5.91 Å². The van der Waals surface area contributed by atoms with Crippen LogP contribution in [0.4, 0.5) is 0 Å². The summed E-state index contributed by atoms with van der Waals surface area (Å²) in [4.78, 5) is 25.1. The third kappa shape index (κ3) is 3.11. The quantitative estimate of drug-likeness (QED) is 0.730. The smallest absolute Gasteiger partial charge is 0.271 e. The second-order valence-corrected chi connectivity index (χ2v) is 5.06. The van der Waals surface area contributed by atoms with Gasteiger partial charge in [-0.2, -0.15) is 0 Å². The van der Waals surface area contributed by atoms with Crippen LogP contribution in [0, 0.1) is 6.92 Å². The van der Waals surface area contributed by atoms with Gasteiger partial charge in [0.05, 0.1) is 23.1 Å². The highest BCUT2D eigenvalue weighted by atomic mass is 16.1. The molecule has 2 heterocycles. The summed E-state index contributed by atoms with van der Waals surface area (Å²) in [5, 5.41) is 2.89. The van der Waals surface area contributed by atoms with E-state index < -0.39 is 0 Å². The van der Waals surface area contributed by atoms with Crippen molar-refractivity contribution < 1.29 is 4.79 Å². The molecule has 0 unspecified atom stereocenters. The molecule has 0 spiro atoms. The van der Waals surface area contributed by atoms with Gasteiger partial charge in [0.2, 0.25) is 0 Å².